The quantitative estimate of drug-likeness (QED) is 0.771. The predicted molar refractivity (Wildman–Crippen MR) is 66.4 cm³/mol. The Labute approximate surface area is 102 Å². The van der Waals surface area contributed by atoms with Crippen LogP contribution in [0.15, 0.2) is 18.3 Å². The van der Waals surface area contributed by atoms with Crippen LogP contribution in [0.3, 0.4) is 0 Å². The van der Waals surface area contributed by atoms with Crippen LogP contribution in [0, 0.1) is 12.8 Å². The predicted octanol–water partition coefficient (Wildman–Crippen LogP) is 1.01. The van der Waals surface area contributed by atoms with Crippen molar-refractivity contribution in [3.8, 4) is 0 Å². The summed E-state index contributed by atoms with van der Waals surface area (Å²) < 4.78 is 0. The number of aromatic nitrogens is 1. The van der Waals surface area contributed by atoms with Crippen LogP contribution in [0.1, 0.15) is 24.1 Å². The lowest BCUT2D eigenvalue weighted by Gasteiger charge is -2.06. The van der Waals surface area contributed by atoms with Crippen LogP contribution in [0.5, 0.6) is 0 Å². The molecule has 1 heterocycles. The van der Waals surface area contributed by atoms with Crippen molar-refractivity contribution in [3.05, 3.63) is 29.6 Å². The zero-order valence-electron chi connectivity index (χ0n) is 10.2. The van der Waals surface area contributed by atoms with Gasteiger partial charge in [0.25, 0.3) is 0 Å². The smallest absolute Gasteiger partial charge is 0.234 e. The van der Waals surface area contributed by atoms with Gasteiger partial charge in [-0.2, -0.15) is 0 Å². The lowest BCUT2D eigenvalue weighted by Crippen LogP contribution is -2.34. The monoisotopic (exact) mass is 233 g/mol. The van der Waals surface area contributed by atoms with Gasteiger partial charge in [0, 0.05) is 18.4 Å². The molecule has 0 aromatic carbocycles. The maximum atomic E-state index is 11.5. The van der Waals surface area contributed by atoms with Gasteiger partial charge < -0.3 is 10.6 Å². The molecule has 17 heavy (non-hydrogen) atoms. The van der Waals surface area contributed by atoms with E-state index in [4.69, 9.17) is 0 Å². The van der Waals surface area contributed by atoms with E-state index in [0.717, 1.165) is 23.7 Å². The molecule has 2 N–H and O–H groups in total. The van der Waals surface area contributed by atoms with Crippen LogP contribution in [0.4, 0.5) is 0 Å². The third-order valence-corrected chi connectivity index (χ3v) is 2.88. The summed E-state index contributed by atoms with van der Waals surface area (Å²) in [6.07, 6.45) is 4.42. The highest BCUT2D eigenvalue weighted by molar-refractivity contribution is 5.77. The fourth-order valence-corrected chi connectivity index (χ4v) is 1.58. The number of carbonyl (C=O) groups is 1. The van der Waals surface area contributed by atoms with Gasteiger partial charge in [-0.3, -0.25) is 9.78 Å². The highest BCUT2D eigenvalue weighted by atomic mass is 16.1. The average Bonchev–Trinajstić information content (AvgIpc) is 3.12. The molecule has 1 saturated carbocycles. The first kappa shape index (κ1) is 12.0. The number of amides is 1. The van der Waals surface area contributed by atoms with Crippen LogP contribution < -0.4 is 10.6 Å². The Hall–Kier alpha value is -1.42. The highest BCUT2D eigenvalue weighted by Gasteiger charge is 2.20. The largest absolute Gasteiger partial charge is 0.351 e. The van der Waals surface area contributed by atoms with Gasteiger partial charge in [0.15, 0.2) is 0 Å². The summed E-state index contributed by atoms with van der Waals surface area (Å²) in [7, 11) is 0. The van der Waals surface area contributed by atoms with Crippen LogP contribution in [0.25, 0.3) is 0 Å². The van der Waals surface area contributed by atoms with Gasteiger partial charge >= 0.3 is 0 Å². The maximum absolute atomic E-state index is 11.5. The van der Waals surface area contributed by atoms with Crippen molar-refractivity contribution in [2.75, 3.05) is 13.1 Å². The molecule has 0 saturated heterocycles. The minimum atomic E-state index is 0.0474. The van der Waals surface area contributed by atoms with E-state index in [1.165, 1.54) is 12.8 Å². The maximum Gasteiger partial charge on any atom is 0.234 e. The molecule has 2 rings (SSSR count). The van der Waals surface area contributed by atoms with Crippen molar-refractivity contribution in [2.24, 2.45) is 5.92 Å². The number of carbonyl (C=O) groups excluding carboxylic acids is 1. The van der Waals surface area contributed by atoms with E-state index < -0.39 is 0 Å². The third kappa shape index (κ3) is 4.53. The summed E-state index contributed by atoms with van der Waals surface area (Å²) in [5.41, 5.74) is 2.03. The van der Waals surface area contributed by atoms with Crippen LogP contribution in [-0.4, -0.2) is 24.0 Å². The Kier molecular flexibility index (Phi) is 4.09. The van der Waals surface area contributed by atoms with Crippen LogP contribution in [-0.2, 0) is 11.3 Å². The average molecular weight is 233 g/mol. The van der Waals surface area contributed by atoms with Crippen molar-refractivity contribution >= 4 is 5.91 Å². The van der Waals surface area contributed by atoms with Crippen LogP contribution in [0.2, 0.25) is 0 Å². The van der Waals surface area contributed by atoms with E-state index in [0.29, 0.717) is 13.1 Å². The lowest BCUT2D eigenvalue weighted by atomic mass is 10.2. The highest BCUT2D eigenvalue weighted by Crippen LogP contribution is 2.27. The second-order valence-electron chi connectivity index (χ2n) is 4.66. The summed E-state index contributed by atoms with van der Waals surface area (Å²) in [5, 5.41) is 6.04. The van der Waals surface area contributed by atoms with Gasteiger partial charge in [0.05, 0.1) is 6.54 Å². The number of hydrogen-bond acceptors (Lipinski definition) is 3. The summed E-state index contributed by atoms with van der Waals surface area (Å²) in [5.74, 6) is 0.857. The number of pyridine rings is 1. The van der Waals surface area contributed by atoms with Gasteiger partial charge in [-0.15, -0.1) is 0 Å². The SMILES string of the molecule is Cc1ccc(CNC(=O)CNCC2CC2)cn1. The van der Waals surface area contributed by atoms with E-state index in [-0.39, 0.29) is 5.91 Å². The number of nitrogens with zero attached hydrogens (tertiary/aromatic N) is 1. The molecule has 0 bridgehead atoms. The first-order valence-electron chi connectivity index (χ1n) is 6.13. The molecule has 0 spiro atoms. The Morgan fingerprint density at radius 3 is 2.94 bits per heavy atom. The van der Waals surface area contributed by atoms with E-state index in [2.05, 4.69) is 15.6 Å². The molecule has 1 amide bonds. The topological polar surface area (TPSA) is 54.0 Å². The molecule has 0 aliphatic heterocycles. The molecule has 1 fully saturated rings. The molecule has 0 unspecified atom stereocenters. The summed E-state index contributed by atoms with van der Waals surface area (Å²) >= 11 is 0. The summed E-state index contributed by atoms with van der Waals surface area (Å²) in [6, 6.07) is 3.94. The number of nitrogens with one attached hydrogen (secondary N) is 2. The Morgan fingerprint density at radius 2 is 2.29 bits per heavy atom. The molecule has 4 heteroatoms. The second kappa shape index (κ2) is 5.77. The minimum absolute atomic E-state index is 0.0474. The van der Waals surface area contributed by atoms with Gasteiger partial charge in [-0.25, -0.2) is 0 Å². The summed E-state index contributed by atoms with van der Waals surface area (Å²) in [4.78, 5) is 15.7. The Balaban J connectivity index is 1.62. The first-order chi connectivity index (χ1) is 8.24. The molecular formula is C13H19N3O. The lowest BCUT2D eigenvalue weighted by molar-refractivity contribution is -0.120. The molecule has 92 valence electrons. The van der Waals surface area contributed by atoms with Crippen molar-refractivity contribution < 1.29 is 4.79 Å². The molecule has 4 nitrogen and oxygen atoms in total. The molecule has 1 aromatic heterocycles. The Morgan fingerprint density at radius 1 is 1.47 bits per heavy atom. The zero-order chi connectivity index (χ0) is 12.1. The number of hydrogen-bond donors (Lipinski definition) is 2. The van der Waals surface area contributed by atoms with Crippen molar-refractivity contribution in [1.29, 1.82) is 0 Å². The molecule has 1 aromatic rings. The second-order valence-corrected chi connectivity index (χ2v) is 4.66. The first-order valence-corrected chi connectivity index (χ1v) is 6.13. The molecule has 1 aliphatic rings. The van der Waals surface area contributed by atoms with Crippen molar-refractivity contribution in [2.45, 2.75) is 26.3 Å². The standard InChI is InChI=1S/C13H19N3O/c1-10-2-3-12(7-15-10)8-16-13(17)9-14-6-11-4-5-11/h2-3,7,11,14H,4-6,8-9H2,1H3,(H,16,17). The molecular weight excluding hydrogens is 214 g/mol. The minimum Gasteiger partial charge on any atom is -0.351 e. The van der Waals surface area contributed by atoms with Crippen LogP contribution >= 0.6 is 0 Å². The number of rotatable bonds is 6. The normalized spacial score (nSPS) is 14.6. The molecule has 0 radical (unpaired) electrons. The van der Waals surface area contributed by atoms with Crippen molar-refractivity contribution in [3.63, 3.8) is 0 Å². The van der Waals surface area contributed by atoms with Gasteiger partial charge in [0.2, 0.25) is 5.91 Å². The summed E-state index contributed by atoms with van der Waals surface area (Å²) in [6.45, 7) is 3.89. The number of aryl methyl sites for hydroxylation is 1. The third-order valence-electron chi connectivity index (χ3n) is 2.88. The molecule has 1 aliphatic carbocycles. The Bertz CT molecular complexity index is 371. The fourth-order valence-electron chi connectivity index (χ4n) is 1.58. The van der Waals surface area contributed by atoms with Gasteiger partial charge in [-0.1, -0.05) is 6.07 Å². The molecule has 0 atom stereocenters. The van der Waals surface area contributed by atoms with E-state index >= 15 is 0 Å². The van der Waals surface area contributed by atoms with Gasteiger partial charge in [-0.05, 0) is 43.9 Å². The van der Waals surface area contributed by atoms with E-state index in [9.17, 15) is 4.79 Å². The van der Waals surface area contributed by atoms with Crippen molar-refractivity contribution in [1.82, 2.24) is 15.6 Å². The van der Waals surface area contributed by atoms with Gasteiger partial charge in [0.1, 0.15) is 0 Å². The zero-order valence-corrected chi connectivity index (χ0v) is 10.2. The van der Waals surface area contributed by atoms with E-state index in [1.807, 2.05) is 19.1 Å². The fraction of sp³-hybridized carbons (Fsp3) is 0.538. The van der Waals surface area contributed by atoms with E-state index in [1.54, 1.807) is 6.20 Å².